The minimum absolute atomic E-state index is 0.0115. The van der Waals surface area contributed by atoms with Crippen LogP contribution in [0.5, 0.6) is 0 Å². The van der Waals surface area contributed by atoms with E-state index in [1.807, 2.05) is 32.0 Å². The molecule has 2 aromatic rings. The summed E-state index contributed by atoms with van der Waals surface area (Å²) >= 11 is 1.41. The largest absolute Gasteiger partial charge is 0.309 e. The highest BCUT2D eigenvalue weighted by Gasteiger charge is 2.09. The van der Waals surface area contributed by atoms with Gasteiger partial charge < -0.3 is 10.2 Å². The van der Waals surface area contributed by atoms with E-state index in [0.717, 1.165) is 16.6 Å². The second-order valence-electron chi connectivity index (χ2n) is 4.63. The molecule has 0 radical (unpaired) electrons. The molecule has 1 heterocycles. The molecule has 4 nitrogen and oxygen atoms in total. The number of nitrogens with one attached hydrogen (secondary N) is 1. The van der Waals surface area contributed by atoms with Gasteiger partial charge >= 0.3 is 0 Å². The number of carbonyl (C=O) groups excluding carboxylic acids is 1. The number of benzene rings is 1. The summed E-state index contributed by atoms with van der Waals surface area (Å²) in [4.78, 5) is 13.8. The first-order valence-electron chi connectivity index (χ1n) is 5.87. The van der Waals surface area contributed by atoms with Crippen LogP contribution in [0.1, 0.15) is 12.0 Å². The molecular formula is C13H17N3OS. The van der Waals surface area contributed by atoms with Gasteiger partial charge in [0, 0.05) is 18.4 Å². The Morgan fingerprint density at radius 3 is 2.94 bits per heavy atom. The number of amides is 1. The normalized spacial score (nSPS) is 11.1. The van der Waals surface area contributed by atoms with Gasteiger partial charge in [-0.05, 0) is 44.7 Å². The molecule has 0 atom stereocenters. The second-order valence-corrected chi connectivity index (χ2v) is 5.44. The summed E-state index contributed by atoms with van der Waals surface area (Å²) in [5, 5.41) is 3.91. The summed E-state index contributed by atoms with van der Waals surface area (Å²) in [5.74, 6) is 0.694. The van der Waals surface area contributed by atoms with E-state index < -0.39 is 0 Å². The predicted octanol–water partition coefficient (Wildman–Crippen LogP) is 2.49. The van der Waals surface area contributed by atoms with Crippen LogP contribution >= 0.6 is 11.5 Å². The van der Waals surface area contributed by atoms with Crippen LogP contribution in [0, 0.1) is 6.92 Å². The Labute approximate surface area is 111 Å². The highest BCUT2D eigenvalue weighted by molar-refractivity contribution is 7.13. The van der Waals surface area contributed by atoms with Crippen LogP contribution in [-0.4, -0.2) is 35.8 Å². The molecule has 0 spiro atoms. The lowest BCUT2D eigenvalue weighted by molar-refractivity contribution is -0.116. The Bertz CT molecular complexity index is 562. The number of rotatable bonds is 4. The van der Waals surface area contributed by atoms with Crippen molar-refractivity contribution in [3.8, 4) is 0 Å². The van der Waals surface area contributed by atoms with Gasteiger partial charge in [-0.1, -0.05) is 11.6 Å². The van der Waals surface area contributed by atoms with Gasteiger partial charge in [-0.15, -0.1) is 0 Å². The monoisotopic (exact) mass is 263 g/mol. The van der Waals surface area contributed by atoms with Gasteiger partial charge in [-0.25, -0.2) is 0 Å². The average molecular weight is 263 g/mol. The fourth-order valence-corrected chi connectivity index (χ4v) is 2.38. The van der Waals surface area contributed by atoms with Gasteiger partial charge in [0.1, 0.15) is 0 Å². The SMILES string of the molecule is Cc1ccc2snc(NC(=O)CCN(C)C)c2c1. The molecule has 0 aliphatic rings. The van der Waals surface area contributed by atoms with E-state index in [4.69, 9.17) is 0 Å². The molecule has 0 fully saturated rings. The molecule has 0 aliphatic heterocycles. The van der Waals surface area contributed by atoms with E-state index in [-0.39, 0.29) is 5.91 Å². The quantitative estimate of drug-likeness (QED) is 0.921. The minimum atomic E-state index is 0.0115. The van der Waals surface area contributed by atoms with Gasteiger partial charge in [-0.3, -0.25) is 4.79 Å². The van der Waals surface area contributed by atoms with Crippen LogP contribution in [0.15, 0.2) is 18.2 Å². The summed E-state index contributed by atoms with van der Waals surface area (Å²) < 4.78 is 5.40. The van der Waals surface area contributed by atoms with E-state index in [9.17, 15) is 4.79 Å². The number of nitrogens with zero attached hydrogens (tertiary/aromatic N) is 2. The molecule has 0 bridgehead atoms. The third-order valence-electron chi connectivity index (χ3n) is 2.67. The number of anilines is 1. The smallest absolute Gasteiger partial charge is 0.226 e. The summed E-state index contributed by atoms with van der Waals surface area (Å²) in [7, 11) is 3.91. The van der Waals surface area contributed by atoms with Crippen molar-refractivity contribution in [1.29, 1.82) is 0 Å². The molecule has 0 saturated carbocycles. The topological polar surface area (TPSA) is 45.2 Å². The molecule has 1 aromatic carbocycles. The molecule has 0 aliphatic carbocycles. The van der Waals surface area contributed by atoms with Crippen molar-refractivity contribution in [1.82, 2.24) is 9.27 Å². The Hall–Kier alpha value is -1.46. The molecular weight excluding hydrogens is 246 g/mol. The average Bonchev–Trinajstić information content (AvgIpc) is 2.69. The van der Waals surface area contributed by atoms with Crippen LogP contribution in [-0.2, 0) is 4.79 Å². The van der Waals surface area contributed by atoms with E-state index in [1.165, 1.54) is 17.1 Å². The van der Waals surface area contributed by atoms with Gasteiger partial charge in [0.05, 0.1) is 4.70 Å². The van der Waals surface area contributed by atoms with E-state index in [0.29, 0.717) is 12.2 Å². The van der Waals surface area contributed by atoms with Crippen LogP contribution < -0.4 is 5.32 Å². The molecule has 0 unspecified atom stereocenters. The molecule has 2 rings (SSSR count). The number of aryl methyl sites for hydroxylation is 1. The maximum atomic E-state index is 11.8. The van der Waals surface area contributed by atoms with Crippen molar-refractivity contribution in [2.45, 2.75) is 13.3 Å². The Morgan fingerprint density at radius 2 is 2.22 bits per heavy atom. The maximum Gasteiger partial charge on any atom is 0.226 e. The van der Waals surface area contributed by atoms with Gasteiger partial charge in [0.2, 0.25) is 5.91 Å². The third-order valence-corrected chi connectivity index (χ3v) is 3.50. The Balaban J connectivity index is 2.12. The first-order valence-corrected chi connectivity index (χ1v) is 6.64. The van der Waals surface area contributed by atoms with Gasteiger partial charge in [-0.2, -0.15) is 4.37 Å². The van der Waals surface area contributed by atoms with Crippen molar-refractivity contribution in [2.75, 3.05) is 26.0 Å². The number of hydrogen-bond acceptors (Lipinski definition) is 4. The minimum Gasteiger partial charge on any atom is -0.309 e. The zero-order chi connectivity index (χ0) is 13.1. The van der Waals surface area contributed by atoms with Crippen LogP contribution in [0.2, 0.25) is 0 Å². The lowest BCUT2D eigenvalue weighted by Gasteiger charge is -2.08. The molecule has 1 amide bonds. The Kier molecular flexibility index (Phi) is 3.93. The van der Waals surface area contributed by atoms with E-state index >= 15 is 0 Å². The number of hydrogen-bond donors (Lipinski definition) is 1. The fraction of sp³-hybridized carbons (Fsp3) is 0.385. The molecule has 1 N–H and O–H groups in total. The molecule has 18 heavy (non-hydrogen) atoms. The zero-order valence-corrected chi connectivity index (χ0v) is 11.7. The first-order chi connectivity index (χ1) is 8.56. The highest BCUT2D eigenvalue weighted by atomic mass is 32.1. The molecule has 0 saturated heterocycles. The second kappa shape index (κ2) is 5.46. The predicted molar refractivity (Wildman–Crippen MR) is 76.2 cm³/mol. The van der Waals surface area contributed by atoms with E-state index in [1.54, 1.807) is 0 Å². The van der Waals surface area contributed by atoms with Crippen molar-refractivity contribution >= 4 is 33.3 Å². The van der Waals surface area contributed by atoms with E-state index in [2.05, 4.69) is 21.8 Å². The summed E-state index contributed by atoms with van der Waals surface area (Å²) in [5.41, 5.74) is 1.17. The molecule has 96 valence electrons. The Morgan fingerprint density at radius 1 is 1.44 bits per heavy atom. The third kappa shape index (κ3) is 3.05. The van der Waals surface area contributed by atoms with Crippen molar-refractivity contribution in [3.05, 3.63) is 23.8 Å². The standard InChI is InChI=1S/C13H17N3OS/c1-9-4-5-11-10(8-9)13(15-18-11)14-12(17)6-7-16(2)3/h4-5,8H,6-7H2,1-3H3,(H,14,15,17). The lowest BCUT2D eigenvalue weighted by Crippen LogP contribution is -2.20. The van der Waals surface area contributed by atoms with Crippen LogP contribution in [0.4, 0.5) is 5.82 Å². The van der Waals surface area contributed by atoms with Gasteiger partial charge in [0.15, 0.2) is 5.82 Å². The summed E-state index contributed by atoms with van der Waals surface area (Å²) in [6.07, 6.45) is 0.484. The van der Waals surface area contributed by atoms with Gasteiger partial charge in [0.25, 0.3) is 0 Å². The first kappa shape index (κ1) is 13.0. The number of fused-ring (bicyclic) bond motifs is 1. The zero-order valence-electron chi connectivity index (χ0n) is 10.9. The number of aromatic nitrogens is 1. The van der Waals surface area contributed by atoms with Crippen molar-refractivity contribution < 1.29 is 4.79 Å². The fourth-order valence-electron chi connectivity index (χ4n) is 1.66. The van der Waals surface area contributed by atoms with Crippen molar-refractivity contribution in [3.63, 3.8) is 0 Å². The highest BCUT2D eigenvalue weighted by Crippen LogP contribution is 2.27. The van der Waals surface area contributed by atoms with Crippen LogP contribution in [0.25, 0.3) is 10.1 Å². The molecule has 1 aromatic heterocycles. The summed E-state index contributed by atoms with van der Waals surface area (Å²) in [6.45, 7) is 2.78. The summed E-state index contributed by atoms with van der Waals surface area (Å²) in [6, 6.07) is 6.15. The number of carbonyl (C=O) groups is 1. The maximum absolute atomic E-state index is 11.8. The van der Waals surface area contributed by atoms with Crippen molar-refractivity contribution in [2.24, 2.45) is 0 Å². The van der Waals surface area contributed by atoms with Crippen LogP contribution in [0.3, 0.4) is 0 Å². The molecule has 5 heteroatoms. The lowest BCUT2D eigenvalue weighted by atomic mass is 10.2.